The SMILES string of the molecule is CSCC[C@@H](NC(N)=O)C(=O)O[C@@H](C)C(=O)Nc1ccc(F)c(F)c1. The van der Waals surface area contributed by atoms with Gasteiger partial charge in [-0.3, -0.25) is 4.79 Å². The number of benzene rings is 1. The molecular weight excluding hydrogens is 356 g/mol. The second kappa shape index (κ2) is 9.82. The molecule has 0 aliphatic carbocycles. The van der Waals surface area contributed by atoms with Crippen LogP contribution in [-0.4, -0.2) is 42.1 Å². The van der Waals surface area contributed by atoms with Crippen LogP contribution in [-0.2, 0) is 14.3 Å². The Morgan fingerprint density at radius 2 is 1.96 bits per heavy atom. The summed E-state index contributed by atoms with van der Waals surface area (Å²) < 4.78 is 31.0. The van der Waals surface area contributed by atoms with Crippen molar-refractivity contribution in [3.8, 4) is 0 Å². The molecule has 0 saturated carbocycles. The molecule has 25 heavy (non-hydrogen) atoms. The number of amides is 3. The molecule has 2 atom stereocenters. The normalized spacial score (nSPS) is 12.8. The van der Waals surface area contributed by atoms with Gasteiger partial charge in [-0.05, 0) is 37.5 Å². The van der Waals surface area contributed by atoms with Crippen LogP contribution in [0.4, 0.5) is 19.3 Å². The van der Waals surface area contributed by atoms with Crippen LogP contribution < -0.4 is 16.4 Å². The van der Waals surface area contributed by atoms with Crippen LogP contribution in [0.5, 0.6) is 0 Å². The Balaban J connectivity index is 2.65. The number of nitrogens with two attached hydrogens (primary N) is 1. The van der Waals surface area contributed by atoms with Gasteiger partial charge in [-0.1, -0.05) is 0 Å². The van der Waals surface area contributed by atoms with Crippen molar-refractivity contribution in [3.05, 3.63) is 29.8 Å². The standard InChI is InChI=1S/C15H19F2N3O4S/c1-8(13(21)19-9-3-4-10(16)11(17)7-9)24-14(22)12(5-6-25-2)20-15(18)23/h3-4,7-8,12H,5-6H2,1-2H3,(H,19,21)(H3,18,20,23)/t8-,12+/m0/s1. The third-order valence-corrected chi connectivity index (χ3v) is 3.70. The molecule has 0 heterocycles. The van der Waals surface area contributed by atoms with Gasteiger partial charge in [-0.2, -0.15) is 11.8 Å². The van der Waals surface area contributed by atoms with E-state index in [0.29, 0.717) is 5.75 Å². The second-order valence-electron chi connectivity index (χ2n) is 5.04. The highest BCUT2D eigenvalue weighted by Gasteiger charge is 2.25. The largest absolute Gasteiger partial charge is 0.451 e. The molecule has 0 fully saturated rings. The minimum absolute atomic E-state index is 0.0148. The number of thioether (sulfide) groups is 1. The first-order valence-electron chi connectivity index (χ1n) is 7.26. The predicted octanol–water partition coefficient (Wildman–Crippen LogP) is 1.62. The van der Waals surface area contributed by atoms with E-state index in [1.165, 1.54) is 24.8 Å². The van der Waals surface area contributed by atoms with E-state index in [4.69, 9.17) is 10.5 Å². The van der Waals surface area contributed by atoms with Gasteiger partial charge in [0.05, 0.1) is 0 Å². The molecule has 1 rings (SSSR count). The van der Waals surface area contributed by atoms with Gasteiger partial charge < -0.3 is 21.1 Å². The smallest absolute Gasteiger partial charge is 0.329 e. The lowest BCUT2D eigenvalue weighted by Gasteiger charge is -2.19. The number of anilines is 1. The van der Waals surface area contributed by atoms with E-state index in [-0.39, 0.29) is 12.1 Å². The Kier molecular flexibility index (Phi) is 8.12. The van der Waals surface area contributed by atoms with E-state index in [1.807, 2.05) is 6.26 Å². The van der Waals surface area contributed by atoms with Crippen LogP contribution in [0.25, 0.3) is 0 Å². The number of halogens is 2. The number of rotatable bonds is 8. The van der Waals surface area contributed by atoms with Gasteiger partial charge in [-0.15, -0.1) is 0 Å². The summed E-state index contributed by atoms with van der Waals surface area (Å²) >= 11 is 1.46. The molecule has 0 saturated heterocycles. The second-order valence-corrected chi connectivity index (χ2v) is 6.03. The maximum Gasteiger partial charge on any atom is 0.329 e. The molecular formula is C15H19F2N3O4S. The molecule has 4 N–H and O–H groups in total. The van der Waals surface area contributed by atoms with Crippen molar-refractivity contribution in [2.45, 2.75) is 25.5 Å². The summed E-state index contributed by atoms with van der Waals surface area (Å²) in [5.41, 5.74) is 5.03. The van der Waals surface area contributed by atoms with Crippen molar-refractivity contribution in [1.29, 1.82) is 0 Å². The number of hydrogen-bond donors (Lipinski definition) is 3. The maximum atomic E-state index is 13.1. The number of nitrogens with one attached hydrogen (secondary N) is 2. The zero-order valence-electron chi connectivity index (χ0n) is 13.7. The van der Waals surface area contributed by atoms with Crippen LogP contribution in [0.3, 0.4) is 0 Å². The molecule has 138 valence electrons. The van der Waals surface area contributed by atoms with E-state index >= 15 is 0 Å². The van der Waals surface area contributed by atoms with Crippen LogP contribution in [0.15, 0.2) is 18.2 Å². The Labute approximate surface area is 147 Å². The molecule has 0 unspecified atom stereocenters. The van der Waals surface area contributed by atoms with Crippen LogP contribution in [0, 0.1) is 11.6 Å². The van der Waals surface area contributed by atoms with Gasteiger partial charge in [0.25, 0.3) is 5.91 Å². The quantitative estimate of drug-likeness (QED) is 0.598. The van der Waals surface area contributed by atoms with Crippen molar-refractivity contribution in [2.75, 3.05) is 17.3 Å². The van der Waals surface area contributed by atoms with Gasteiger partial charge in [0.2, 0.25) is 0 Å². The summed E-state index contributed by atoms with van der Waals surface area (Å²) in [7, 11) is 0. The zero-order valence-corrected chi connectivity index (χ0v) is 14.5. The number of esters is 1. The number of hydrogen-bond acceptors (Lipinski definition) is 5. The molecule has 0 radical (unpaired) electrons. The van der Waals surface area contributed by atoms with Crippen LogP contribution in [0.1, 0.15) is 13.3 Å². The Hall–Kier alpha value is -2.36. The highest BCUT2D eigenvalue weighted by atomic mass is 32.2. The molecule has 3 amide bonds. The number of urea groups is 1. The van der Waals surface area contributed by atoms with E-state index in [9.17, 15) is 23.2 Å². The molecule has 1 aromatic rings. The molecule has 1 aromatic carbocycles. The lowest BCUT2D eigenvalue weighted by Crippen LogP contribution is -2.46. The molecule has 0 aliphatic heterocycles. The third kappa shape index (κ3) is 6.96. The Bertz CT molecular complexity index is 645. The fourth-order valence-corrected chi connectivity index (χ4v) is 2.26. The lowest BCUT2D eigenvalue weighted by atomic mass is 10.2. The molecule has 10 heteroatoms. The van der Waals surface area contributed by atoms with Crippen molar-refractivity contribution in [1.82, 2.24) is 5.32 Å². The van der Waals surface area contributed by atoms with Crippen molar-refractivity contribution >= 4 is 35.4 Å². The number of carbonyl (C=O) groups excluding carboxylic acids is 3. The fourth-order valence-electron chi connectivity index (χ4n) is 1.78. The predicted molar refractivity (Wildman–Crippen MR) is 90.0 cm³/mol. The van der Waals surface area contributed by atoms with E-state index in [1.54, 1.807) is 0 Å². The monoisotopic (exact) mass is 375 g/mol. The van der Waals surface area contributed by atoms with Crippen LogP contribution in [0.2, 0.25) is 0 Å². The Morgan fingerprint density at radius 3 is 2.52 bits per heavy atom. The van der Waals surface area contributed by atoms with E-state index in [0.717, 1.165) is 12.1 Å². The molecule has 0 spiro atoms. The summed E-state index contributed by atoms with van der Waals surface area (Å²) in [6.07, 6.45) is 0.887. The minimum Gasteiger partial charge on any atom is -0.451 e. The first kappa shape index (κ1) is 20.7. The summed E-state index contributed by atoms with van der Waals surface area (Å²) in [6, 6.07) is 0.959. The van der Waals surface area contributed by atoms with E-state index in [2.05, 4.69) is 10.6 Å². The lowest BCUT2D eigenvalue weighted by molar-refractivity contribution is -0.155. The first-order valence-corrected chi connectivity index (χ1v) is 8.65. The summed E-state index contributed by atoms with van der Waals surface area (Å²) in [4.78, 5) is 35.0. The van der Waals surface area contributed by atoms with Gasteiger partial charge in [0.15, 0.2) is 17.7 Å². The van der Waals surface area contributed by atoms with Crippen LogP contribution >= 0.6 is 11.8 Å². The van der Waals surface area contributed by atoms with Crippen molar-refractivity contribution in [2.24, 2.45) is 5.73 Å². The number of carbonyl (C=O) groups is 3. The number of primary amides is 1. The number of ether oxygens (including phenoxy) is 1. The highest BCUT2D eigenvalue weighted by Crippen LogP contribution is 2.14. The third-order valence-electron chi connectivity index (χ3n) is 3.06. The highest BCUT2D eigenvalue weighted by molar-refractivity contribution is 7.98. The average Bonchev–Trinajstić information content (AvgIpc) is 2.54. The minimum atomic E-state index is -1.22. The molecule has 0 aromatic heterocycles. The first-order chi connectivity index (χ1) is 11.7. The fraction of sp³-hybridized carbons (Fsp3) is 0.400. The van der Waals surface area contributed by atoms with Crippen molar-refractivity contribution in [3.63, 3.8) is 0 Å². The van der Waals surface area contributed by atoms with Crippen molar-refractivity contribution < 1.29 is 27.9 Å². The molecule has 0 bridgehead atoms. The summed E-state index contributed by atoms with van der Waals surface area (Å²) in [5, 5.41) is 4.55. The van der Waals surface area contributed by atoms with Gasteiger partial charge in [0.1, 0.15) is 6.04 Å². The maximum absolute atomic E-state index is 13.1. The zero-order chi connectivity index (χ0) is 19.0. The van der Waals surface area contributed by atoms with Gasteiger partial charge in [-0.25, -0.2) is 18.4 Å². The average molecular weight is 375 g/mol. The summed E-state index contributed by atoms with van der Waals surface area (Å²) in [6.45, 7) is 1.31. The van der Waals surface area contributed by atoms with E-state index < -0.39 is 41.7 Å². The molecule has 0 aliphatic rings. The Morgan fingerprint density at radius 1 is 1.28 bits per heavy atom. The molecule has 7 nitrogen and oxygen atoms in total. The topological polar surface area (TPSA) is 111 Å². The van der Waals surface area contributed by atoms with Gasteiger partial charge >= 0.3 is 12.0 Å². The summed E-state index contributed by atoms with van der Waals surface area (Å²) in [5.74, 6) is -3.16. The van der Waals surface area contributed by atoms with Gasteiger partial charge in [0, 0.05) is 11.8 Å².